The van der Waals surface area contributed by atoms with Crippen LogP contribution in [0.25, 0.3) is 0 Å². The highest BCUT2D eigenvalue weighted by Gasteiger charge is 2.26. The molecule has 2 unspecified atom stereocenters. The molecule has 0 aromatic heterocycles. The third kappa shape index (κ3) is 30.4. The predicted octanol–water partition coefficient (Wildman–Crippen LogP) is 7.17. The van der Waals surface area contributed by atoms with Gasteiger partial charge in [-0.3, -0.25) is 23.4 Å². The summed E-state index contributed by atoms with van der Waals surface area (Å²) >= 11 is 0. The van der Waals surface area contributed by atoms with Crippen molar-refractivity contribution in [2.24, 2.45) is 0 Å². The Morgan fingerprint density at radius 2 is 1.15 bits per heavy atom. The molecule has 0 radical (unpaired) electrons. The van der Waals surface area contributed by atoms with Gasteiger partial charge in [-0.1, -0.05) is 117 Å². The van der Waals surface area contributed by atoms with Crippen LogP contribution in [-0.2, 0) is 42.3 Å². The molecule has 3 N–H and O–H groups in total. The lowest BCUT2D eigenvalue weighted by Crippen LogP contribution is -2.30. The molecule has 0 aromatic carbocycles. The van der Waals surface area contributed by atoms with Crippen LogP contribution in [0.4, 0.5) is 0 Å². The Bertz CT molecular complexity index is 897. The number of carboxylic acids is 1. The standard InChI is InChI=1S/C33H60NO11P/c1-3-5-7-9-11-13-15-17-19-21-32(38)42-27-29(45-33(39)22-20-18-16-14-12-10-8-6-4-2)28-44-46(40,41)43-26-25-34-30(35)23-24-31(36)37/h23-24,29H,3-22,25-28H2,1-2H3,(H,34,35)(H,36,37)(H,40,41)/b24-23+. The summed E-state index contributed by atoms with van der Waals surface area (Å²) in [5, 5.41) is 10.8. The Morgan fingerprint density at radius 1 is 0.674 bits per heavy atom. The van der Waals surface area contributed by atoms with Crippen LogP contribution in [0.2, 0.25) is 0 Å². The molecule has 0 rings (SSSR count). The highest BCUT2D eigenvalue weighted by atomic mass is 31.2. The van der Waals surface area contributed by atoms with Crippen molar-refractivity contribution in [3.05, 3.63) is 12.2 Å². The van der Waals surface area contributed by atoms with E-state index < -0.39 is 51.0 Å². The second kappa shape index (κ2) is 30.1. The highest BCUT2D eigenvalue weighted by molar-refractivity contribution is 7.47. The van der Waals surface area contributed by atoms with Gasteiger partial charge in [0.1, 0.15) is 6.61 Å². The Morgan fingerprint density at radius 3 is 1.65 bits per heavy atom. The number of ether oxygens (including phenoxy) is 2. The first-order valence-electron chi connectivity index (χ1n) is 17.2. The van der Waals surface area contributed by atoms with E-state index in [0.717, 1.165) is 44.6 Å². The SMILES string of the molecule is CCCCCCCCCCCC(=O)OCC(COP(=O)(O)OCCNC(=O)/C=C/C(=O)O)OC(=O)CCCCCCCCCCC. The van der Waals surface area contributed by atoms with E-state index >= 15 is 0 Å². The van der Waals surface area contributed by atoms with Crippen LogP contribution in [0.15, 0.2) is 12.2 Å². The maximum absolute atomic E-state index is 12.5. The number of esters is 2. The van der Waals surface area contributed by atoms with E-state index in [9.17, 15) is 28.6 Å². The number of amides is 1. The molecule has 46 heavy (non-hydrogen) atoms. The van der Waals surface area contributed by atoms with Gasteiger partial charge in [-0.25, -0.2) is 9.36 Å². The van der Waals surface area contributed by atoms with Gasteiger partial charge in [0.2, 0.25) is 5.91 Å². The molecule has 0 saturated heterocycles. The zero-order valence-corrected chi connectivity index (χ0v) is 29.1. The third-order valence-electron chi connectivity index (χ3n) is 7.15. The molecule has 0 aliphatic rings. The van der Waals surface area contributed by atoms with Gasteiger partial charge in [0.25, 0.3) is 0 Å². The summed E-state index contributed by atoms with van der Waals surface area (Å²) in [6.07, 6.45) is 20.6. The first-order valence-corrected chi connectivity index (χ1v) is 18.7. The molecule has 0 aliphatic carbocycles. The van der Waals surface area contributed by atoms with Crippen molar-refractivity contribution >= 4 is 31.6 Å². The van der Waals surface area contributed by atoms with E-state index in [2.05, 4.69) is 19.2 Å². The Hall–Kier alpha value is -2.27. The lowest BCUT2D eigenvalue weighted by molar-refractivity contribution is -0.161. The number of rotatable bonds is 32. The summed E-state index contributed by atoms with van der Waals surface area (Å²) in [6.45, 7) is 2.91. The number of nitrogens with one attached hydrogen (secondary N) is 1. The van der Waals surface area contributed by atoms with Crippen LogP contribution in [0.5, 0.6) is 0 Å². The molecule has 0 saturated carbocycles. The molecule has 0 spiro atoms. The van der Waals surface area contributed by atoms with E-state index in [-0.39, 0.29) is 26.0 Å². The van der Waals surface area contributed by atoms with E-state index in [0.29, 0.717) is 18.9 Å². The minimum atomic E-state index is -4.61. The Balaban J connectivity index is 4.62. The normalized spacial score (nSPS) is 13.3. The van der Waals surface area contributed by atoms with Gasteiger partial charge in [0.15, 0.2) is 6.10 Å². The van der Waals surface area contributed by atoms with E-state index in [1.54, 1.807) is 0 Å². The highest BCUT2D eigenvalue weighted by Crippen LogP contribution is 2.43. The Labute approximate surface area is 276 Å². The molecule has 0 aliphatic heterocycles. The van der Waals surface area contributed by atoms with Crippen LogP contribution in [0.1, 0.15) is 142 Å². The molecule has 0 aromatic rings. The number of phosphoric acid groups is 1. The van der Waals surface area contributed by atoms with Crippen molar-refractivity contribution in [1.82, 2.24) is 5.32 Å². The molecule has 0 fully saturated rings. The van der Waals surface area contributed by atoms with Gasteiger partial charge in [0, 0.05) is 31.5 Å². The smallest absolute Gasteiger partial charge is 0.472 e. The van der Waals surface area contributed by atoms with Crippen molar-refractivity contribution < 1.29 is 52.3 Å². The van der Waals surface area contributed by atoms with Crippen LogP contribution in [-0.4, -0.2) is 66.3 Å². The minimum absolute atomic E-state index is 0.169. The molecule has 1 amide bonds. The van der Waals surface area contributed by atoms with Crippen molar-refractivity contribution in [1.29, 1.82) is 0 Å². The molecule has 13 heteroatoms. The second-order valence-electron chi connectivity index (χ2n) is 11.5. The second-order valence-corrected chi connectivity index (χ2v) is 13.0. The average Bonchev–Trinajstić information content (AvgIpc) is 3.01. The van der Waals surface area contributed by atoms with Gasteiger partial charge in [0.05, 0.1) is 13.2 Å². The third-order valence-corrected chi connectivity index (χ3v) is 8.14. The molecule has 0 heterocycles. The van der Waals surface area contributed by atoms with Crippen molar-refractivity contribution in [3.8, 4) is 0 Å². The fraction of sp³-hybridized carbons (Fsp3) is 0.818. The largest absolute Gasteiger partial charge is 0.478 e. The zero-order valence-electron chi connectivity index (χ0n) is 28.2. The summed E-state index contributed by atoms with van der Waals surface area (Å²) < 4.78 is 32.8. The monoisotopic (exact) mass is 677 g/mol. The first-order chi connectivity index (χ1) is 22.1. The summed E-state index contributed by atoms with van der Waals surface area (Å²) in [6, 6.07) is 0. The van der Waals surface area contributed by atoms with Crippen LogP contribution >= 0.6 is 7.82 Å². The van der Waals surface area contributed by atoms with E-state index in [4.69, 9.17) is 23.6 Å². The minimum Gasteiger partial charge on any atom is -0.478 e. The molecule has 0 bridgehead atoms. The topological polar surface area (TPSA) is 175 Å². The van der Waals surface area contributed by atoms with Gasteiger partial charge < -0.3 is 24.8 Å². The lowest BCUT2D eigenvalue weighted by atomic mass is 10.1. The number of carbonyl (C=O) groups is 4. The van der Waals surface area contributed by atoms with Crippen LogP contribution in [0.3, 0.4) is 0 Å². The number of carboxylic acid groups (broad SMARTS) is 1. The fourth-order valence-electron chi connectivity index (χ4n) is 4.53. The van der Waals surface area contributed by atoms with Crippen molar-refractivity contribution in [2.45, 2.75) is 148 Å². The number of unbranched alkanes of at least 4 members (excludes halogenated alkanes) is 16. The quantitative estimate of drug-likeness (QED) is 0.0285. The summed E-state index contributed by atoms with van der Waals surface area (Å²) in [7, 11) is -4.61. The number of phosphoric ester groups is 1. The number of aliphatic carboxylic acids is 1. The first kappa shape index (κ1) is 43.7. The molecular weight excluding hydrogens is 617 g/mol. The fourth-order valence-corrected chi connectivity index (χ4v) is 5.29. The van der Waals surface area contributed by atoms with Gasteiger partial charge in [-0.15, -0.1) is 0 Å². The van der Waals surface area contributed by atoms with Gasteiger partial charge in [-0.2, -0.15) is 0 Å². The number of carbonyl (C=O) groups excluding carboxylic acids is 3. The van der Waals surface area contributed by atoms with Crippen LogP contribution < -0.4 is 5.32 Å². The lowest BCUT2D eigenvalue weighted by Gasteiger charge is -2.20. The number of hydrogen-bond acceptors (Lipinski definition) is 9. The van der Waals surface area contributed by atoms with Crippen molar-refractivity contribution in [3.63, 3.8) is 0 Å². The Kier molecular flexibility index (Phi) is 28.6. The molecule has 12 nitrogen and oxygen atoms in total. The molecule has 2 atom stereocenters. The van der Waals surface area contributed by atoms with Crippen molar-refractivity contribution in [2.75, 3.05) is 26.4 Å². The predicted molar refractivity (Wildman–Crippen MR) is 176 cm³/mol. The zero-order chi connectivity index (χ0) is 34.3. The summed E-state index contributed by atoms with van der Waals surface area (Å²) in [5.74, 6) is -2.98. The van der Waals surface area contributed by atoms with E-state index in [1.165, 1.54) is 64.2 Å². The maximum atomic E-state index is 12.5. The van der Waals surface area contributed by atoms with Gasteiger partial charge in [-0.05, 0) is 12.8 Å². The van der Waals surface area contributed by atoms with Gasteiger partial charge >= 0.3 is 25.7 Å². The summed E-state index contributed by atoms with van der Waals surface area (Å²) in [5.41, 5.74) is 0. The van der Waals surface area contributed by atoms with Crippen LogP contribution in [0, 0.1) is 0 Å². The number of hydrogen-bond donors (Lipinski definition) is 3. The molecular formula is C33H60NO11P. The maximum Gasteiger partial charge on any atom is 0.472 e. The average molecular weight is 678 g/mol. The summed E-state index contributed by atoms with van der Waals surface area (Å²) in [4.78, 5) is 56.7. The molecule has 268 valence electrons. The van der Waals surface area contributed by atoms with E-state index in [1.807, 2.05) is 0 Å².